The molecule has 9 unspecified atom stereocenters. The maximum Gasteiger partial charge on any atom is 0.0754 e. The normalized spacial score (nSPS) is 47.7. The highest BCUT2D eigenvalue weighted by Gasteiger charge is 2.43. The summed E-state index contributed by atoms with van der Waals surface area (Å²) in [5.41, 5.74) is 1.61. The number of hydrogen-bond acceptors (Lipinski definition) is 7. The topological polar surface area (TPSA) is 83.7 Å². The summed E-state index contributed by atoms with van der Waals surface area (Å²) in [5, 5.41) is 33.0. The number of nitriles is 2. The van der Waals surface area contributed by atoms with Crippen LogP contribution in [0.25, 0.3) is 0 Å². The summed E-state index contributed by atoms with van der Waals surface area (Å²) in [6.07, 6.45) is 18.2. The lowest BCUT2D eigenvalue weighted by Gasteiger charge is -2.35. The number of rotatable bonds is 4. The van der Waals surface area contributed by atoms with Crippen LogP contribution in [0.2, 0.25) is 0 Å². The van der Waals surface area contributed by atoms with Crippen molar-refractivity contribution in [1.29, 1.82) is 10.5 Å². The van der Waals surface area contributed by atoms with E-state index in [0.717, 1.165) is 36.9 Å². The highest BCUT2D eigenvalue weighted by Crippen LogP contribution is 2.45. The maximum absolute atomic E-state index is 9.31. The van der Waals surface area contributed by atoms with E-state index in [4.69, 9.17) is 0 Å². The Balaban J connectivity index is 0.931. The maximum atomic E-state index is 9.31. The van der Waals surface area contributed by atoms with Gasteiger partial charge in [-0.3, -0.25) is 5.32 Å². The molecule has 35 heavy (non-hydrogen) atoms. The molecule has 0 spiro atoms. The van der Waals surface area contributed by atoms with Gasteiger partial charge in [0, 0.05) is 46.5 Å². The van der Waals surface area contributed by atoms with Crippen molar-refractivity contribution in [1.82, 2.24) is 16.0 Å². The van der Waals surface area contributed by atoms with Crippen molar-refractivity contribution in [3.8, 4) is 12.1 Å². The van der Waals surface area contributed by atoms with Crippen molar-refractivity contribution < 1.29 is 0 Å². The van der Waals surface area contributed by atoms with Crippen molar-refractivity contribution in [2.75, 3.05) is 0 Å². The van der Waals surface area contributed by atoms with Crippen LogP contribution in [-0.4, -0.2) is 45.4 Å². The minimum Gasteiger partial charge on any atom is -0.311 e. The van der Waals surface area contributed by atoms with Crippen LogP contribution in [0.4, 0.5) is 0 Å². The van der Waals surface area contributed by atoms with Crippen molar-refractivity contribution in [3.05, 3.63) is 11.6 Å². The second-order valence-electron chi connectivity index (χ2n) is 12.0. The van der Waals surface area contributed by atoms with E-state index in [0.29, 0.717) is 40.2 Å². The molecule has 0 aromatic carbocycles. The van der Waals surface area contributed by atoms with Gasteiger partial charge < -0.3 is 10.6 Å². The molecule has 2 aliphatic heterocycles. The second-order valence-corrected chi connectivity index (χ2v) is 14.7. The number of thioether (sulfide) groups is 2. The minimum absolute atomic E-state index is 0.274. The van der Waals surface area contributed by atoms with E-state index in [9.17, 15) is 10.5 Å². The van der Waals surface area contributed by atoms with E-state index >= 15 is 0 Å². The molecule has 2 saturated heterocycles. The summed E-state index contributed by atoms with van der Waals surface area (Å²) in [4.78, 5) is 0. The fraction of sp³-hybridized carbons (Fsp3) is 0.857. The lowest BCUT2D eigenvalue weighted by atomic mass is 9.83. The summed E-state index contributed by atoms with van der Waals surface area (Å²) in [6.45, 7) is 0. The first-order valence-electron chi connectivity index (χ1n) is 14.3. The zero-order valence-corrected chi connectivity index (χ0v) is 22.5. The van der Waals surface area contributed by atoms with Crippen LogP contribution in [0, 0.1) is 40.4 Å². The minimum atomic E-state index is 0.274. The summed E-state index contributed by atoms with van der Waals surface area (Å²) in [7, 11) is 0. The Morgan fingerprint density at radius 1 is 0.771 bits per heavy atom. The van der Waals surface area contributed by atoms with E-state index in [2.05, 4.69) is 57.7 Å². The average Bonchev–Trinajstić information content (AvgIpc) is 3.53. The Hall–Kier alpha value is -0.700. The molecular formula is C28H41N5S2. The third-order valence-electron chi connectivity index (χ3n) is 9.77. The van der Waals surface area contributed by atoms with Gasteiger partial charge in [-0.15, -0.1) is 23.5 Å². The molecule has 9 atom stereocenters. The van der Waals surface area contributed by atoms with Crippen molar-refractivity contribution in [3.63, 3.8) is 0 Å². The van der Waals surface area contributed by atoms with E-state index in [1.807, 2.05) is 0 Å². The third kappa shape index (κ3) is 5.46. The van der Waals surface area contributed by atoms with Gasteiger partial charge in [0.05, 0.1) is 22.9 Å². The fourth-order valence-electron chi connectivity index (χ4n) is 7.64. The van der Waals surface area contributed by atoms with Crippen LogP contribution >= 0.6 is 23.5 Å². The molecule has 0 amide bonds. The molecule has 0 aromatic rings. The van der Waals surface area contributed by atoms with E-state index in [1.165, 1.54) is 57.8 Å². The van der Waals surface area contributed by atoms with Crippen molar-refractivity contribution in [2.45, 2.75) is 129 Å². The van der Waals surface area contributed by atoms with Gasteiger partial charge in [-0.2, -0.15) is 10.5 Å². The molecule has 0 radical (unpaired) electrons. The first-order chi connectivity index (χ1) is 17.2. The molecule has 5 fully saturated rings. The van der Waals surface area contributed by atoms with Gasteiger partial charge in [-0.05, 0) is 95.0 Å². The largest absolute Gasteiger partial charge is 0.311 e. The van der Waals surface area contributed by atoms with Gasteiger partial charge in [0.25, 0.3) is 0 Å². The smallest absolute Gasteiger partial charge is 0.0754 e. The Kier molecular flexibility index (Phi) is 7.71. The molecule has 7 heteroatoms. The van der Waals surface area contributed by atoms with Gasteiger partial charge in [0.1, 0.15) is 0 Å². The van der Waals surface area contributed by atoms with Gasteiger partial charge in [0.2, 0.25) is 0 Å². The lowest BCUT2D eigenvalue weighted by Crippen LogP contribution is -2.44. The average molecular weight is 512 g/mol. The summed E-state index contributed by atoms with van der Waals surface area (Å²) in [6, 6.07) is 7.54. The van der Waals surface area contributed by atoms with Crippen LogP contribution in [-0.2, 0) is 0 Å². The first-order valence-corrected chi connectivity index (χ1v) is 16.1. The molecule has 4 aliphatic carbocycles. The van der Waals surface area contributed by atoms with Crippen LogP contribution in [0.1, 0.15) is 83.5 Å². The van der Waals surface area contributed by atoms with Crippen LogP contribution < -0.4 is 16.0 Å². The predicted octanol–water partition coefficient (Wildman–Crippen LogP) is 5.06. The number of nitrogens with one attached hydrogen (secondary N) is 3. The number of nitrogens with zero attached hydrogens (tertiary/aromatic N) is 2. The van der Waals surface area contributed by atoms with Gasteiger partial charge in [-0.1, -0.05) is 6.08 Å². The zero-order valence-electron chi connectivity index (χ0n) is 20.8. The standard InChI is InChI=1S/C28H41N5S2/c29-15-17-2-12-25-24(13-17)33-28(34-25)20-5-9-22(10-6-20)31-21-7-3-19(4-8-21)27-32-23-11-1-18(16-30)14-26(23)35-27/h3,17-18,20-28,31-33H,1-2,4-14H2. The highest BCUT2D eigenvalue weighted by atomic mass is 32.2. The predicted molar refractivity (Wildman–Crippen MR) is 145 cm³/mol. The van der Waals surface area contributed by atoms with Crippen molar-refractivity contribution >= 4 is 23.5 Å². The monoisotopic (exact) mass is 511 g/mol. The van der Waals surface area contributed by atoms with Crippen molar-refractivity contribution in [2.24, 2.45) is 17.8 Å². The molecule has 3 N–H and O–H groups in total. The molecule has 2 heterocycles. The Bertz CT molecular complexity index is 872. The quantitative estimate of drug-likeness (QED) is 0.455. The Labute approximate surface area is 220 Å². The SMILES string of the molecule is N#CC1CCC2SC(C3CCC(NC4CC=C(C5NC6CCC(C#N)CC6S5)CC4)CC3)NC2C1. The number of fused-ring (bicyclic) bond motifs is 2. The molecule has 0 aromatic heterocycles. The van der Waals surface area contributed by atoms with Gasteiger partial charge in [-0.25, -0.2) is 0 Å². The summed E-state index contributed by atoms with van der Waals surface area (Å²) < 4.78 is 0. The van der Waals surface area contributed by atoms with E-state index in [-0.39, 0.29) is 11.8 Å². The van der Waals surface area contributed by atoms with Crippen LogP contribution in [0.5, 0.6) is 0 Å². The van der Waals surface area contributed by atoms with Gasteiger partial charge >= 0.3 is 0 Å². The second kappa shape index (κ2) is 11.0. The molecule has 6 rings (SSSR count). The van der Waals surface area contributed by atoms with Crippen LogP contribution in [0.15, 0.2) is 11.6 Å². The molecule has 5 nitrogen and oxygen atoms in total. The molecule has 3 saturated carbocycles. The lowest BCUT2D eigenvalue weighted by molar-refractivity contribution is 0.244. The summed E-state index contributed by atoms with van der Waals surface area (Å²) in [5.74, 6) is 1.35. The Morgan fingerprint density at radius 3 is 2.34 bits per heavy atom. The van der Waals surface area contributed by atoms with Gasteiger partial charge in [0.15, 0.2) is 0 Å². The highest BCUT2D eigenvalue weighted by molar-refractivity contribution is 8.01. The molecule has 190 valence electrons. The summed E-state index contributed by atoms with van der Waals surface area (Å²) >= 11 is 4.30. The fourth-order valence-corrected chi connectivity index (χ4v) is 11.2. The van der Waals surface area contributed by atoms with Crippen LogP contribution in [0.3, 0.4) is 0 Å². The first kappa shape index (κ1) is 24.6. The van der Waals surface area contributed by atoms with E-state index in [1.54, 1.807) is 5.57 Å². The molecule has 6 aliphatic rings. The Morgan fingerprint density at radius 2 is 1.57 bits per heavy atom. The third-order valence-corrected chi connectivity index (χ3v) is 13.1. The van der Waals surface area contributed by atoms with E-state index < -0.39 is 0 Å². The number of hydrogen-bond donors (Lipinski definition) is 3. The molecule has 0 bridgehead atoms. The molecular weight excluding hydrogens is 470 g/mol. The zero-order chi connectivity index (χ0) is 23.8.